The van der Waals surface area contributed by atoms with Crippen LogP contribution < -0.4 is 4.90 Å². The summed E-state index contributed by atoms with van der Waals surface area (Å²) in [6.07, 6.45) is 3.30. The highest BCUT2D eigenvalue weighted by atomic mass is 16.2. The van der Waals surface area contributed by atoms with Gasteiger partial charge in [0.2, 0.25) is 0 Å². The maximum atomic E-state index is 12.5. The van der Waals surface area contributed by atoms with Crippen molar-refractivity contribution in [2.75, 3.05) is 24.7 Å². The summed E-state index contributed by atoms with van der Waals surface area (Å²) in [5, 5.41) is 0. The average molecular weight is 301 g/mol. The molecule has 2 aliphatic rings. The predicted molar refractivity (Wildman–Crippen MR) is 81.2 cm³/mol. The molecular formula is C16H19N3O3. The largest absolute Gasteiger partial charge is 0.340 e. The summed E-state index contributed by atoms with van der Waals surface area (Å²) >= 11 is 0. The van der Waals surface area contributed by atoms with E-state index in [1.807, 2.05) is 24.0 Å². The summed E-state index contributed by atoms with van der Waals surface area (Å²) in [5.74, 6) is -1.51. The molecule has 0 unspecified atom stereocenters. The first-order valence-electron chi connectivity index (χ1n) is 7.57. The van der Waals surface area contributed by atoms with Gasteiger partial charge in [-0.05, 0) is 45.0 Å². The van der Waals surface area contributed by atoms with Gasteiger partial charge in [-0.15, -0.1) is 0 Å². The Labute approximate surface area is 129 Å². The topological polar surface area (TPSA) is 60.9 Å². The van der Waals surface area contributed by atoms with Crippen molar-refractivity contribution in [1.29, 1.82) is 0 Å². The zero-order valence-electron chi connectivity index (χ0n) is 12.6. The molecule has 0 radical (unpaired) electrons. The molecule has 0 saturated carbocycles. The summed E-state index contributed by atoms with van der Waals surface area (Å²) in [6, 6.07) is 6.44. The Morgan fingerprint density at radius 3 is 2.18 bits per heavy atom. The van der Waals surface area contributed by atoms with E-state index >= 15 is 0 Å². The number of imide groups is 2. The van der Waals surface area contributed by atoms with E-state index in [0.29, 0.717) is 5.69 Å². The van der Waals surface area contributed by atoms with Gasteiger partial charge in [-0.2, -0.15) is 0 Å². The van der Waals surface area contributed by atoms with Crippen LogP contribution in [0.2, 0.25) is 0 Å². The predicted octanol–water partition coefficient (Wildman–Crippen LogP) is 1.73. The Morgan fingerprint density at radius 1 is 0.909 bits per heavy atom. The number of anilines is 1. The molecule has 6 heteroatoms. The maximum absolute atomic E-state index is 12.5. The summed E-state index contributed by atoms with van der Waals surface area (Å²) in [5.41, 5.74) is 1.47. The van der Waals surface area contributed by atoms with Gasteiger partial charge in [0.25, 0.3) is 0 Å². The minimum atomic E-state index is -0.772. The second kappa shape index (κ2) is 5.88. The molecule has 0 bridgehead atoms. The first-order valence-corrected chi connectivity index (χ1v) is 7.57. The summed E-state index contributed by atoms with van der Waals surface area (Å²) in [4.78, 5) is 40.8. The van der Waals surface area contributed by atoms with Crippen LogP contribution in [0.25, 0.3) is 0 Å². The van der Waals surface area contributed by atoms with Crippen LogP contribution in [0.4, 0.5) is 10.5 Å². The number of nitrogens with zero attached hydrogens (tertiary/aromatic N) is 3. The molecule has 2 aliphatic heterocycles. The maximum Gasteiger partial charge on any atom is 0.340 e. The van der Waals surface area contributed by atoms with Crippen molar-refractivity contribution in [3.8, 4) is 0 Å². The highest BCUT2D eigenvalue weighted by Crippen LogP contribution is 2.23. The van der Waals surface area contributed by atoms with Crippen molar-refractivity contribution < 1.29 is 14.4 Å². The zero-order valence-corrected chi connectivity index (χ0v) is 12.6. The number of carbonyl (C=O) groups is 3. The lowest BCUT2D eigenvalue weighted by Gasteiger charge is -2.29. The molecule has 0 aromatic heterocycles. The highest BCUT2D eigenvalue weighted by molar-refractivity contribution is 6.52. The van der Waals surface area contributed by atoms with E-state index < -0.39 is 17.8 Å². The van der Waals surface area contributed by atoms with Gasteiger partial charge in [-0.3, -0.25) is 14.5 Å². The first-order chi connectivity index (χ1) is 10.6. The van der Waals surface area contributed by atoms with Gasteiger partial charge < -0.3 is 0 Å². The molecule has 6 nitrogen and oxygen atoms in total. The minimum absolute atomic E-state index is 0.200. The number of carbonyl (C=O) groups excluding carboxylic acids is 3. The van der Waals surface area contributed by atoms with E-state index in [1.54, 1.807) is 12.1 Å². The van der Waals surface area contributed by atoms with E-state index in [-0.39, 0.29) is 6.67 Å². The summed E-state index contributed by atoms with van der Waals surface area (Å²) in [6.45, 7) is 3.84. The van der Waals surface area contributed by atoms with Gasteiger partial charge in [0.1, 0.15) is 0 Å². The molecule has 1 aromatic rings. The van der Waals surface area contributed by atoms with E-state index in [1.165, 1.54) is 6.42 Å². The molecule has 3 rings (SSSR count). The van der Waals surface area contributed by atoms with Gasteiger partial charge >= 0.3 is 17.8 Å². The second-order valence-corrected chi connectivity index (χ2v) is 5.81. The highest BCUT2D eigenvalue weighted by Gasteiger charge is 2.45. The number of hydrogen-bond acceptors (Lipinski definition) is 4. The number of benzene rings is 1. The molecule has 0 spiro atoms. The van der Waals surface area contributed by atoms with E-state index in [2.05, 4.69) is 0 Å². The number of rotatable bonds is 3. The number of amides is 4. The quantitative estimate of drug-likeness (QED) is 0.630. The van der Waals surface area contributed by atoms with E-state index in [0.717, 1.165) is 41.3 Å². The van der Waals surface area contributed by atoms with Gasteiger partial charge in [-0.1, -0.05) is 24.1 Å². The minimum Gasteiger partial charge on any atom is -0.285 e. The smallest absolute Gasteiger partial charge is 0.285 e. The molecule has 2 fully saturated rings. The molecule has 116 valence electrons. The Hall–Kier alpha value is -2.21. The van der Waals surface area contributed by atoms with Crippen LogP contribution in [0.3, 0.4) is 0 Å². The number of likely N-dealkylation sites (tertiary alicyclic amines) is 1. The molecule has 1 aromatic carbocycles. The van der Waals surface area contributed by atoms with Gasteiger partial charge in [0, 0.05) is 0 Å². The van der Waals surface area contributed by atoms with Crippen LogP contribution in [0, 0.1) is 6.92 Å². The van der Waals surface area contributed by atoms with Crippen LogP contribution in [-0.4, -0.2) is 47.4 Å². The lowest BCUT2D eigenvalue weighted by atomic mass is 10.1. The third kappa shape index (κ3) is 2.62. The summed E-state index contributed by atoms with van der Waals surface area (Å²) in [7, 11) is 0. The van der Waals surface area contributed by atoms with Crippen molar-refractivity contribution >= 4 is 23.5 Å². The standard InChI is InChI=1S/C16H19N3O3/c1-12-5-7-13(8-6-12)19-15(21)14(20)18(16(19)22)11-17-9-3-2-4-10-17/h5-8H,2-4,9-11H2,1H3. The Balaban J connectivity index is 1.79. The Bertz CT molecular complexity index is 606. The number of aryl methyl sites for hydroxylation is 1. The Morgan fingerprint density at radius 2 is 1.55 bits per heavy atom. The molecule has 0 aliphatic carbocycles. The Kier molecular flexibility index (Phi) is 3.94. The molecule has 0 N–H and O–H groups in total. The average Bonchev–Trinajstić information content (AvgIpc) is 2.73. The molecule has 2 saturated heterocycles. The van der Waals surface area contributed by atoms with Crippen molar-refractivity contribution in [2.24, 2.45) is 0 Å². The second-order valence-electron chi connectivity index (χ2n) is 5.81. The van der Waals surface area contributed by atoms with Gasteiger partial charge in [0.15, 0.2) is 0 Å². The lowest BCUT2D eigenvalue weighted by Crippen LogP contribution is -2.44. The molecule has 0 atom stereocenters. The molecule has 4 amide bonds. The number of piperidine rings is 1. The van der Waals surface area contributed by atoms with Crippen molar-refractivity contribution in [1.82, 2.24) is 9.80 Å². The fraction of sp³-hybridized carbons (Fsp3) is 0.438. The van der Waals surface area contributed by atoms with Crippen molar-refractivity contribution in [3.63, 3.8) is 0 Å². The fourth-order valence-electron chi connectivity index (χ4n) is 2.85. The van der Waals surface area contributed by atoms with E-state index in [4.69, 9.17) is 0 Å². The number of hydrogen-bond donors (Lipinski definition) is 0. The third-order valence-electron chi connectivity index (χ3n) is 4.14. The summed E-state index contributed by atoms with van der Waals surface area (Å²) < 4.78 is 0. The van der Waals surface area contributed by atoms with Crippen LogP contribution >= 0.6 is 0 Å². The van der Waals surface area contributed by atoms with Gasteiger partial charge in [0.05, 0.1) is 12.4 Å². The van der Waals surface area contributed by atoms with Crippen LogP contribution in [0.5, 0.6) is 0 Å². The normalized spacial score (nSPS) is 20.1. The number of urea groups is 1. The first kappa shape index (κ1) is 14.7. The van der Waals surface area contributed by atoms with E-state index in [9.17, 15) is 14.4 Å². The van der Waals surface area contributed by atoms with Crippen LogP contribution in [0.15, 0.2) is 24.3 Å². The zero-order chi connectivity index (χ0) is 15.7. The molecular weight excluding hydrogens is 282 g/mol. The lowest BCUT2D eigenvalue weighted by molar-refractivity contribution is -0.140. The fourth-order valence-corrected chi connectivity index (χ4v) is 2.85. The monoisotopic (exact) mass is 301 g/mol. The van der Waals surface area contributed by atoms with Crippen LogP contribution in [0.1, 0.15) is 24.8 Å². The van der Waals surface area contributed by atoms with Crippen molar-refractivity contribution in [2.45, 2.75) is 26.2 Å². The third-order valence-corrected chi connectivity index (χ3v) is 4.14. The van der Waals surface area contributed by atoms with Gasteiger partial charge in [-0.25, -0.2) is 14.6 Å². The van der Waals surface area contributed by atoms with Crippen molar-refractivity contribution in [3.05, 3.63) is 29.8 Å². The molecule has 22 heavy (non-hydrogen) atoms. The molecule has 2 heterocycles. The van der Waals surface area contributed by atoms with Crippen LogP contribution in [-0.2, 0) is 9.59 Å². The SMILES string of the molecule is Cc1ccc(N2C(=O)C(=O)N(CN3CCCCC3)C2=O)cc1.